The van der Waals surface area contributed by atoms with Gasteiger partial charge < -0.3 is 35.3 Å². The summed E-state index contributed by atoms with van der Waals surface area (Å²) in [5.41, 5.74) is 0. The van der Waals surface area contributed by atoms with E-state index in [1.54, 1.807) is 0 Å². The number of hydrogen-bond donors (Lipinski definition) is 4. The van der Waals surface area contributed by atoms with Gasteiger partial charge in [0.1, 0.15) is 0 Å². The van der Waals surface area contributed by atoms with E-state index in [0.717, 1.165) is 12.8 Å². The van der Waals surface area contributed by atoms with Crippen LogP contribution in [-0.2, 0) is 14.4 Å². The summed E-state index contributed by atoms with van der Waals surface area (Å²) >= 11 is 0. The van der Waals surface area contributed by atoms with Crippen LogP contribution in [0.4, 0.5) is 0 Å². The molecule has 10 heteroatoms. The summed E-state index contributed by atoms with van der Waals surface area (Å²) < 4.78 is 0. The Morgan fingerprint density at radius 3 is 1.40 bits per heavy atom. The van der Waals surface area contributed by atoms with E-state index < -0.39 is 0 Å². The molecule has 1 aliphatic rings. The van der Waals surface area contributed by atoms with E-state index in [9.17, 15) is 14.4 Å². The molecule has 174 valence electrons. The van der Waals surface area contributed by atoms with E-state index in [-0.39, 0.29) is 64.0 Å². The van der Waals surface area contributed by atoms with Gasteiger partial charge in [-0.2, -0.15) is 0 Å². The largest absolute Gasteiger partial charge is 0.396 e. The normalized spacial score (nSPS) is 14.3. The highest BCUT2D eigenvalue weighted by Gasteiger charge is 2.31. The number of amides is 3. The number of aliphatic hydroxyl groups is 3. The summed E-state index contributed by atoms with van der Waals surface area (Å²) in [7, 11) is 0. The molecule has 1 fully saturated rings. The summed E-state index contributed by atoms with van der Waals surface area (Å²) in [4.78, 5) is 42.4. The van der Waals surface area contributed by atoms with Crippen LogP contribution in [0.15, 0.2) is 0 Å². The van der Waals surface area contributed by atoms with E-state index in [4.69, 9.17) is 15.3 Å². The number of nitrogens with one attached hydrogen (secondary N) is 1. The predicted octanol–water partition coefficient (Wildman–Crippen LogP) is -0.564. The van der Waals surface area contributed by atoms with Crippen LogP contribution in [0.1, 0.15) is 57.8 Å². The summed E-state index contributed by atoms with van der Waals surface area (Å²) in [6, 6.07) is 0. The summed E-state index contributed by atoms with van der Waals surface area (Å²) in [5.74, 6) is -0.375. The van der Waals surface area contributed by atoms with Gasteiger partial charge in [-0.1, -0.05) is 12.8 Å². The number of carbonyl (C=O) groups excluding carboxylic acids is 3. The van der Waals surface area contributed by atoms with Crippen LogP contribution in [0.25, 0.3) is 0 Å². The fraction of sp³-hybridized carbons (Fsp3) is 0.850. The number of nitrogens with zero attached hydrogens (tertiary/aromatic N) is 3. The quantitative estimate of drug-likeness (QED) is 0.256. The Kier molecular flexibility index (Phi) is 14.0. The van der Waals surface area contributed by atoms with Crippen LogP contribution in [-0.4, -0.2) is 101 Å². The van der Waals surface area contributed by atoms with Crippen LogP contribution in [0, 0.1) is 0 Å². The highest BCUT2D eigenvalue weighted by Crippen LogP contribution is 2.14. The SMILES string of the molecule is O=C(CCCCCO)N1CN(C(=O)CCCCCO)CN(C(=O)CCNCCO)C1. The minimum absolute atomic E-state index is 0.00493. The lowest BCUT2D eigenvalue weighted by Gasteiger charge is -2.42. The van der Waals surface area contributed by atoms with Gasteiger partial charge in [-0.15, -0.1) is 0 Å². The molecule has 0 spiro atoms. The lowest BCUT2D eigenvalue weighted by molar-refractivity contribution is -0.158. The van der Waals surface area contributed by atoms with Crippen molar-refractivity contribution in [2.24, 2.45) is 0 Å². The van der Waals surface area contributed by atoms with Gasteiger partial charge >= 0.3 is 0 Å². The Bertz CT molecular complexity index is 442. The smallest absolute Gasteiger partial charge is 0.226 e. The zero-order chi connectivity index (χ0) is 22.2. The van der Waals surface area contributed by atoms with E-state index >= 15 is 0 Å². The maximum atomic E-state index is 12.6. The Morgan fingerprint density at radius 2 is 1.00 bits per heavy atom. The van der Waals surface area contributed by atoms with Crippen molar-refractivity contribution in [2.75, 3.05) is 52.9 Å². The van der Waals surface area contributed by atoms with Crippen molar-refractivity contribution in [3.05, 3.63) is 0 Å². The molecular formula is C20H38N4O6. The highest BCUT2D eigenvalue weighted by molar-refractivity contribution is 5.82. The average molecular weight is 431 g/mol. The van der Waals surface area contributed by atoms with Crippen molar-refractivity contribution in [1.29, 1.82) is 0 Å². The van der Waals surface area contributed by atoms with Gasteiger partial charge in [0.2, 0.25) is 17.7 Å². The molecular weight excluding hydrogens is 392 g/mol. The molecule has 1 aliphatic heterocycles. The van der Waals surface area contributed by atoms with Gasteiger partial charge in [0.15, 0.2) is 0 Å². The Morgan fingerprint density at radius 1 is 0.567 bits per heavy atom. The van der Waals surface area contributed by atoms with Gasteiger partial charge in [-0.05, 0) is 25.7 Å². The molecule has 1 heterocycles. The number of unbranched alkanes of at least 4 members (excludes halogenated alkanes) is 4. The van der Waals surface area contributed by atoms with Crippen molar-refractivity contribution in [1.82, 2.24) is 20.0 Å². The van der Waals surface area contributed by atoms with Crippen molar-refractivity contribution in [3.63, 3.8) is 0 Å². The predicted molar refractivity (Wildman–Crippen MR) is 111 cm³/mol. The molecule has 0 aromatic heterocycles. The number of aliphatic hydroxyl groups excluding tert-OH is 3. The van der Waals surface area contributed by atoms with E-state index in [2.05, 4.69) is 5.32 Å². The summed E-state index contributed by atoms with van der Waals surface area (Å²) in [5, 5.41) is 29.5. The first kappa shape index (κ1) is 26.3. The molecule has 1 rings (SSSR count). The van der Waals surface area contributed by atoms with Crippen molar-refractivity contribution >= 4 is 17.7 Å². The molecule has 0 aromatic carbocycles. The standard InChI is InChI=1S/C20H38N4O6/c25-12-5-1-3-7-18(28)22-15-23(19(29)8-4-2-6-13-26)17-24(16-22)20(30)9-10-21-11-14-27/h21,25-27H,1-17H2. The second-order valence-electron chi connectivity index (χ2n) is 7.52. The van der Waals surface area contributed by atoms with Crippen LogP contribution >= 0.6 is 0 Å². The highest BCUT2D eigenvalue weighted by atomic mass is 16.3. The van der Waals surface area contributed by atoms with Crippen molar-refractivity contribution in [2.45, 2.75) is 57.8 Å². The lowest BCUT2D eigenvalue weighted by atomic mass is 10.1. The fourth-order valence-electron chi connectivity index (χ4n) is 3.23. The van der Waals surface area contributed by atoms with Crippen molar-refractivity contribution < 1.29 is 29.7 Å². The molecule has 10 nitrogen and oxygen atoms in total. The molecule has 0 unspecified atom stereocenters. The molecule has 0 bridgehead atoms. The molecule has 1 saturated heterocycles. The molecule has 4 N–H and O–H groups in total. The Balaban J connectivity index is 2.66. The van der Waals surface area contributed by atoms with E-state index in [1.807, 2.05) is 0 Å². The Hall–Kier alpha value is -1.75. The van der Waals surface area contributed by atoms with Crippen LogP contribution in [0.2, 0.25) is 0 Å². The molecule has 0 aliphatic carbocycles. The van der Waals surface area contributed by atoms with Gasteiger partial charge in [-0.3, -0.25) is 14.4 Å². The monoisotopic (exact) mass is 430 g/mol. The lowest BCUT2D eigenvalue weighted by Crippen LogP contribution is -2.59. The van der Waals surface area contributed by atoms with E-state index in [0.29, 0.717) is 51.6 Å². The second-order valence-corrected chi connectivity index (χ2v) is 7.52. The number of hydrogen-bond acceptors (Lipinski definition) is 7. The van der Waals surface area contributed by atoms with E-state index in [1.165, 1.54) is 14.7 Å². The fourth-order valence-corrected chi connectivity index (χ4v) is 3.23. The van der Waals surface area contributed by atoms with Crippen molar-refractivity contribution in [3.8, 4) is 0 Å². The first-order valence-corrected chi connectivity index (χ1v) is 10.9. The van der Waals surface area contributed by atoms with Crippen LogP contribution in [0.5, 0.6) is 0 Å². The van der Waals surface area contributed by atoms with Gasteiger partial charge in [0.25, 0.3) is 0 Å². The topological polar surface area (TPSA) is 134 Å². The maximum Gasteiger partial charge on any atom is 0.226 e. The Labute approximate surface area is 178 Å². The minimum Gasteiger partial charge on any atom is -0.396 e. The third-order valence-corrected chi connectivity index (χ3v) is 4.98. The number of rotatable bonds is 15. The molecule has 0 radical (unpaired) electrons. The molecule has 3 amide bonds. The zero-order valence-corrected chi connectivity index (χ0v) is 17.9. The molecule has 30 heavy (non-hydrogen) atoms. The van der Waals surface area contributed by atoms with Gasteiger partial charge in [0.05, 0.1) is 26.6 Å². The first-order chi connectivity index (χ1) is 14.5. The first-order valence-electron chi connectivity index (χ1n) is 10.9. The summed E-state index contributed by atoms with van der Waals surface area (Å²) in [6.45, 7) is 1.51. The third-order valence-electron chi connectivity index (χ3n) is 4.98. The van der Waals surface area contributed by atoms with Gasteiger partial charge in [-0.25, -0.2) is 0 Å². The van der Waals surface area contributed by atoms with Gasteiger partial charge in [0, 0.05) is 45.6 Å². The van der Waals surface area contributed by atoms with Crippen LogP contribution in [0.3, 0.4) is 0 Å². The summed E-state index contributed by atoms with van der Waals surface area (Å²) in [6.07, 6.45) is 4.97. The molecule has 0 aromatic rings. The van der Waals surface area contributed by atoms with Crippen LogP contribution < -0.4 is 5.32 Å². The minimum atomic E-state index is -0.156. The third kappa shape index (κ3) is 10.3. The molecule has 0 atom stereocenters. The molecule has 0 saturated carbocycles. The average Bonchev–Trinajstić information content (AvgIpc) is 2.76. The second kappa shape index (κ2) is 16.0. The maximum absolute atomic E-state index is 12.6. The zero-order valence-electron chi connectivity index (χ0n) is 17.9. The number of carbonyl (C=O) groups is 3.